The van der Waals surface area contributed by atoms with Gasteiger partial charge in [-0.2, -0.15) is 5.10 Å². The minimum atomic E-state index is -1.07. The Morgan fingerprint density at radius 3 is 2.41 bits per heavy atom. The third kappa shape index (κ3) is 3.26. The molecule has 148 valence electrons. The largest absolute Gasteiger partial charge is 0.461 e. The normalized spacial score (nSPS) is 20.7. The fourth-order valence-electron chi connectivity index (χ4n) is 3.47. The Morgan fingerprint density at radius 1 is 1.03 bits per heavy atom. The molecule has 0 spiro atoms. The van der Waals surface area contributed by atoms with Crippen molar-refractivity contribution >= 4 is 58.1 Å². The van der Waals surface area contributed by atoms with Crippen molar-refractivity contribution in [1.29, 1.82) is 0 Å². The number of hydrogen-bond donors (Lipinski definition) is 0. The molecule has 0 aromatic heterocycles. The number of benzene rings is 2. The number of ether oxygens (including phenoxy) is 1. The highest BCUT2D eigenvalue weighted by Crippen LogP contribution is 2.38. The molecule has 2 atom stereocenters. The molecule has 0 N–H and O–H groups in total. The second-order valence-corrected chi connectivity index (χ2v) is 7.31. The molecule has 1 fully saturated rings. The van der Waals surface area contributed by atoms with Gasteiger partial charge >= 0.3 is 5.97 Å². The van der Waals surface area contributed by atoms with Gasteiger partial charge in [0.25, 0.3) is 5.91 Å². The number of hydrogen-bond acceptors (Lipinski definition) is 6. The van der Waals surface area contributed by atoms with Crippen LogP contribution in [0.1, 0.15) is 6.92 Å². The van der Waals surface area contributed by atoms with Gasteiger partial charge in [0, 0.05) is 10.0 Å². The monoisotopic (exact) mass is 431 g/mol. The van der Waals surface area contributed by atoms with E-state index in [9.17, 15) is 14.4 Å². The van der Waals surface area contributed by atoms with Gasteiger partial charge in [0.05, 0.1) is 18.0 Å². The van der Waals surface area contributed by atoms with Crippen molar-refractivity contribution < 1.29 is 19.1 Å². The van der Waals surface area contributed by atoms with Crippen LogP contribution in [0.3, 0.4) is 0 Å². The molecule has 2 aliphatic heterocycles. The summed E-state index contributed by atoms with van der Waals surface area (Å²) in [5, 5.41) is 6.54. The fourth-order valence-corrected chi connectivity index (χ4v) is 3.78. The molecule has 0 bridgehead atoms. The molecule has 2 aliphatic rings. The van der Waals surface area contributed by atoms with Gasteiger partial charge < -0.3 is 4.74 Å². The lowest BCUT2D eigenvalue weighted by Crippen LogP contribution is -2.39. The third-order valence-electron chi connectivity index (χ3n) is 4.69. The number of esters is 1. The number of fused-ring (bicyclic) bond motifs is 1. The van der Waals surface area contributed by atoms with Gasteiger partial charge in [-0.15, -0.1) is 0 Å². The Bertz CT molecular complexity index is 1040. The topological polar surface area (TPSA) is 79.3 Å². The number of imide groups is 1. The third-order valence-corrected chi connectivity index (χ3v) is 5.18. The summed E-state index contributed by atoms with van der Waals surface area (Å²) in [4.78, 5) is 39.9. The Balaban J connectivity index is 1.79. The predicted molar refractivity (Wildman–Crippen MR) is 109 cm³/mol. The van der Waals surface area contributed by atoms with Gasteiger partial charge in [0.15, 0.2) is 5.71 Å². The molecule has 1 saturated heterocycles. The number of amides is 2. The molecule has 0 radical (unpaired) electrons. The molecule has 9 heteroatoms. The van der Waals surface area contributed by atoms with Crippen molar-refractivity contribution in [2.75, 3.05) is 16.5 Å². The minimum Gasteiger partial charge on any atom is -0.461 e. The lowest BCUT2D eigenvalue weighted by molar-refractivity contribution is -0.136. The van der Waals surface area contributed by atoms with Crippen molar-refractivity contribution in [2.45, 2.75) is 13.0 Å². The molecule has 2 amide bonds. The second kappa shape index (κ2) is 7.50. The quantitative estimate of drug-likeness (QED) is 0.547. The Labute approximate surface area is 176 Å². The number of carbonyl (C=O) groups is 3. The molecule has 7 nitrogen and oxygen atoms in total. The van der Waals surface area contributed by atoms with E-state index in [0.29, 0.717) is 21.4 Å². The summed E-state index contributed by atoms with van der Waals surface area (Å²) in [6, 6.07) is 12.0. The predicted octanol–water partition coefficient (Wildman–Crippen LogP) is 3.29. The van der Waals surface area contributed by atoms with Gasteiger partial charge in [0.2, 0.25) is 5.91 Å². The maximum atomic E-state index is 13.3. The van der Waals surface area contributed by atoms with Crippen LogP contribution in [-0.2, 0) is 19.1 Å². The van der Waals surface area contributed by atoms with Crippen molar-refractivity contribution in [3.63, 3.8) is 0 Å². The maximum absolute atomic E-state index is 13.3. The van der Waals surface area contributed by atoms with E-state index in [4.69, 9.17) is 27.9 Å². The van der Waals surface area contributed by atoms with Crippen LogP contribution in [0.25, 0.3) is 0 Å². The van der Waals surface area contributed by atoms with Gasteiger partial charge in [-0.3, -0.25) is 14.6 Å². The van der Waals surface area contributed by atoms with E-state index in [-0.39, 0.29) is 12.3 Å². The van der Waals surface area contributed by atoms with Crippen LogP contribution >= 0.6 is 23.2 Å². The SMILES string of the molecule is CCOC(=O)C1=NN(c2ccc(Cl)cc2)[C@H]2C(=O)N(c3cccc(Cl)c3)C(=O)[C@@H]12. The summed E-state index contributed by atoms with van der Waals surface area (Å²) in [5.41, 5.74) is 0.758. The van der Waals surface area contributed by atoms with E-state index in [1.54, 1.807) is 49.4 Å². The molecular weight excluding hydrogens is 417 g/mol. The van der Waals surface area contributed by atoms with Gasteiger partial charge in [-0.1, -0.05) is 29.3 Å². The van der Waals surface area contributed by atoms with Gasteiger partial charge in [-0.25, -0.2) is 9.69 Å². The lowest BCUT2D eigenvalue weighted by atomic mass is 9.98. The van der Waals surface area contributed by atoms with Crippen LogP contribution in [-0.4, -0.2) is 36.1 Å². The average Bonchev–Trinajstić information content (AvgIpc) is 3.20. The first-order chi connectivity index (χ1) is 13.9. The zero-order chi connectivity index (χ0) is 20.7. The average molecular weight is 432 g/mol. The van der Waals surface area contributed by atoms with Gasteiger partial charge in [-0.05, 0) is 49.4 Å². The number of carbonyl (C=O) groups excluding carboxylic acids is 3. The smallest absolute Gasteiger partial charge is 0.355 e. The summed E-state index contributed by atoms with van der Waals surface area (Å²) >= 11 is 12.0. The molecule has 0 saturated carbocycles. The standard InChI is InChI=1S/C20H15Cl2N3O4/c1-2-29-20(28)16-15-17(25(23-16)13-8-6-11(21)7-9-13)19(27)24(18(15)26)14-5-3-4-12(22)10-14/h3-10,15,17H,2H2,1H3/t15-,17+/m0/s1. The first-order valence-corrected chi connectivity index (χ1v) is 9.61. The number of hydrazone groups is 1. The van der Waals surface area contributed by atoms with Gasteiger partial charge in [0.1, 0.15) is 12.0 Å². The zero-order valence-corrected chi connectivity index (χ0v) is 16.7. The Hall–Kier alpha value is -2.90. The molecule has 2 aromatic carbocycles. The van der Waals surface area contributed by atoms with E-state index in [1.807, 2.05) is 0 Å². The first kappa shape index (κ1) is 19.4. The van der Waals surface area contributed by atoms with Crippen LogP contribution in [0.4, 0.5) is 11.4 Å². The first-order valence-electron chi connectivity index (χ1n) is 8.86. The minimum absolute atomic E-state index is 0.102. The fraction of sp³-hybridized carbons (Fsp3) is 0.200. The Morgan fingerprint density at radius 2 is 1.76 bits per heavy atom. The van der Waals surface area contributed by atoms with Crippen LogP contribution in [0.2, 0.25) is 10.0 Å². The van der Waals surface area contributed by atoms with Crippen molar-refractivity contribution in [1.82, 2.24) is 0 Å². The Kier molecular flexibility index (Phi) is 5.02. The second-order valence-electron chi connectivity index (χ2n) is 6.44. The molecule has 2 aromatic rings. The molecule has 2 heterocycles. The van der Waals surface area contributed by atoms with E-state index in [0.717, 1.165) is 4.90 Å². The molecule has 0 aliphatic carbocycles. The van der Waals surface area contributed by atoms with E-state index in [2.05, 4.69) is 5.10 Å². The number of rotatable bonds is 4. The maximum Gasteiger partial charge on any atom is 0.355 e. The van der Waals surface area contributed by atoms with E-state index < -0.39 is 29.7 Å². The highest BCUT2D eigenvalue weighted by molar-refractivity contribution is 6.47. The van der Waals surface area contributed by atoms with E-state index >= 15 is 0 Å². The number of anilines is 2. The summed E-state index contributed by atoms with van der Waals surface area (Å²) in [6.07, 6.45) is 0. The summed E-state index contributed by atoms with van der Waals surface area (Å²) in [6.45, 7) is 1.78. The highest BCUT2D eigenvalue weighted by atomic mass is 35.5. The summed E-state index contributed by atoms with van der Waals surface area (Å²) in [7, 11) is 0. The lowest BCUT2D eigenvalue weighted by Gasteiger charge is -2.22. The van der Waals surface area contributed by atoms with Crippen molar-refractivity contribution in [2.24, 2.45) is 11.0 Å². The van der Waals surface area contributed by atoms with Crippen LogP contribution in [0.15, 0.2) is 53.6 Å². The number of halogens is 2. The molecule has 4 rings (SSSR count). The highest BCUT2D eigenvalue weighted by Gasteiger charge is 2.59. The van der Waals surface area contributed by atoms with Crippen molar-refractivity contribution in [3.8, 4) is 0 Å². The molecule has 29 heavy (non-hydrogen) atoms. The van der Waals surface area contributed by atoms with Crippen LogP contribution in [0, 0.1) is 5.92 Å². The molecule has 0 unspecified atom stereocenters. The number of nitrogens with zero attached hydrogens (tertiary/aromatic N) is 3. The van der Waals surface area contributed by atoms with Crippen molar-refractivity contribution in [3.05, 3.63) is 58.6 Å². The summed E-state index contributed by atoms with van der Waals surface area (Å²) in [5.74, 6) is -2.85. The van der Waals surface area contributed by atoms with Crippen LogP contribution < -0.4 is 9.91 Å². The van der Waals surface area contributed by atoms with Crippen LogP contribution in [0.5, 0.6) is 0 Å². The molecular formula is C20H15Cl2N3O4. The van der Waals surface area contributed by atoms with E-state index in [1.165, 1.54) is 11.1 Å². The zero-order valence-electron chi connectivity index (χ0n) is 15.2. The summed E-state index contributed by atoms with van der Waals surface area (Å²) < 4.78 is 5.06.